The van der Waals surface area contributed by atoms with Crippen LogP contribution in [0.25, 0.3) is 0 Å². The highest BCUT2D eigenvalue weighted by Gasteiger charge is 2.51. The lowest BCUT2D eigenvalue weighted by molar-refractivity contribution is 0.0721. The topological polar surface area (TPSA) is 44.5 Å². The fourth-order valence-corrected chi connectivity index (χ4v) is 3.84. The summed E-state index contributed by atoms with van der Waals surface area (Å²) < 4.78 is 11.9. The lowest BCUT2D eigenvalue weighted by atomic mass is 9.78. The Labute approximate surface area is 107 Å². The third-order valence-electron chi connectivity index (χ3n) is 4.68. The number of rotatable bonds is 2. The number of hydrogen-bond donors (Lipinski definition) is 1. The van der Waals surface area contributed by atoms with E-state index < -0.39 is 0 Å². The summed E-state index contributed by atoms with van der Waals surface area (Å²) in [5.74, 6) is 1.04. The summed E-state index contributed by atoms with van der Waals surface area (Å²) in [5.41, 5.74) is 7.71. The largest absolute Gasteiger partial charge is 0.490 e. The standard InChI is InChI=1S/C15H19NO2/c16-15(8-11-5-6-14(15)18-11)9-12-7-10-3-1-2-4-13(10)17-12/h1-4,11-12,14H,5-9,16H2. The van der Waals surface area contributed by atoms with Crippen molar-refractivity contribution in [2.24, 2.45) is 5.73 Å². The van der Waals surface area contributed by atoms with Crippen LogP contribution in [-0.2, 0) is 11.2 Å². The first-order valence-electron chi connectivity index (χ1n) is 6.92. The minimum atomic E-state index is -0.157. The summed E-state index contributed by atoms with van der Waals surface area (Å²) in [7, 11) is 0. The van der Waals surface area contributed by atoms with Crippen molar-refractivity contribution in [2.45, 2.75) is 56.0 Å². The third-order valence-corrected chi connectivity index (χ3v) is 4.68. The van der Waals surface area contributed by atoms with Crippen LogP contribution < -0.4 is 10.5 Å². The van der Waals surface area contributed by atoms with Crippen molar-refractivity contribution in [1.29, 1.82) is 0 Å². The number of benzene rings is 1. The van der Waals surface area contributed by atoms with E-state index in [9.17, 15) is 0 Å². The van der Waals surface area contributed by atoms with Gasteiger partial charge in [0.1, 0.15) is 11.9 Å². The van der Waals surface area contributed by atoms with Crippen molar-refractivity contribution in [3.63, 3.8) is 0 Å². The van der Waals surface area contributed by atoms with Gasteiger partial charge in [-0.05, 0) is 30.9 Å². The van der Waals surface area contributed by atoms with Gasteiger partial charge in [-0.3, -0.25) is 0 Å². The summed E-state index contributed by atoms with van der Waals surface area (Å²) in [5, 5.41) is 0. The molecule has 18 heavy (non-hydrogen) atoms. The van der Waals surface area contributed by atoms with Crippen LogP contribution in [0.5, 0.6) is 5.75 Å². The van der Waals surface area contributed by atoms with E-state index in [1.165, 1.54) is 12.0 Å². The maximum absolute atomic E-state index is 6.55. The molecule has 4 atom stereocenters. The molecule has 0 radical (unpaired) electrons. The number of nitrogens with two attached hydrogens (primary N) is 1. The van der Waals surface area contributed by atoms with Crippen LogP contribution in [0.3, 0.4) is 0 Å². The lowest BCUT2D eigenvalue weighted by Crippen LogP contribution is -2.51. The van der Waals surface area contributed by atoms with Crippen LogP contribution in [0.1, 0.15) is 31.2 Å². The van der Waals surface area contributed by atoms with Gasteiger partial charge in [0.05, 0.1) is 12.2 Å². The molecule has 2 bridgehead atoms. The molecule has 0 aromatic heterocycles. The monoisotopic (exact) mass is 245 g/mol. The zero-order chi connectivity index (χ0) is 12.2. The molecule has 0 spiro atoms. The van der Waals surface area contributed by atoms with Crippen LogP contribution in [-0.4, -0.2) is 23.9 Å². The molecule has 0 saturated carbocycles. The molecule has 4 rings (SSSR count). The second kappa shape index (κ2) is 3.72. The molecule has 2 saturated heterocycles. The van der Waals surface area contributed by atoms with Crippen molar-refractivity contribution >= 4 is 0 Å². The third kappa shape index (κ3) is 1.57. The van der Waals surface area contributed by atoms with Crippen LogP contribution in [0.15, 0.2) is 24.3 Å². The molecule has 0 aliphatic carbocycles. The fourth-order valence-electron chi connectivity index (χ4n) is 3.84. The minimum Gasteiger partial charge on any atom is -0.490 e. The van der Waals surface area contributed by atoms with E-state index in [-0.39, 0.29) is 17.7 Å². The molecular weight excluding hydrogens is 226 g/mol. The highest BCUT2D eigenvalue weighted by Crippen LogP contribution is 2.44. The van der Waals surface area contributed by atoms with Crippen LogP contribution in [0.4, 0.5) is 0 Å². The quantitative estimate of drug-likeness (QED) is 0.867. The fraction of sp³-hybridized carbons (Fsp3) is 0.600. The molecule has 3 heterocycles. The minimum absolute atomic E-state index is 0.157. The summed E-state index contributed by atoms with van der Waals surface area (Å²) >= 11 is 0. The van der Waals surface area contributed by atoms with E-state index in [0.717, 1.165) is 31.4 Å². The van der Waals surface area contributed by atoms with E-state index in [1.54, 1.807) is 0 Å². The molecule has 96 valence electrons. The molecule has 4 unspecified atom stereocenters. The highest BCUT2D eigenvalue weighted by molar-refractivity contribution is 5.37. The van der Waals surface area contributed by atoms with Crippen molar-refractivity contribution in [3.05, 3.63) is 29.8 Å². The van der Waals surface area contributed by atoms with Crippen molar-refractivity contribution < 1.29 is 9.47 Å². The summed E-state index contributed by atoms with van der Waals surface area (Å²) in [4.78, 5) is 0. The normalized spacial score (nSPS) is 40.8. The second-order valence-electron chi connectivity index (χ2n) is 6.02. The van der Waals surface area contributed by atoms with Crippen molar-refractivity contribution in [3.8, 4) is 5.75 Å². The zero-order valence-electron chi connectivity index (χ0n) is 10.5. The van der Waals surface area contributed by atoms with Crippen molar-refractivity contribution in [2.75, 3.05) is 0 Å². The predicted octanol–water partition coefficient (Wildman–Crippen LogP) is 2.03. The van der Waals surface area contributed by atoms with E-state index in [4.69, 9.17) is 15.2 Å². The zero-order valence-corrected chi connectivity index (χ0v) is 10.5. The first-order valence-corrected chi connectivity index (χ1v) is 6.92. The Hall–Kier alpha value is -1.06. The number of fused-ring (bicyclic) bond motifs is 3. The first kappa shape index (κ1) is 10.8. The molecule has 3 aliphatic heterocycles. The summed E-state index contributed by atoms with van der Waals surface area (Å²) in [6.07, 6.45) is 6.13. The SMILES string of the molecule is NC1(CC2Cc3ccccc3O2)CC2CCC1O2. The molecule has 2 N–H and O–H groups in total. The molecule has 3 heteroatoms. The molecule has 1 aromatic rings. The maximum atomic E-state index is 6.55. The molecule has 3 aliphatic rings. The summed E-state index contributed by atoms with van der Waals surface area (Å²) in [6, 6.07) is 8.30. The molecule has 3 nitrogen and oxygen atoms in total. The van der Waals surface area contributed by atoms with Gasteiger partial charge in [0.2, 0.25) is 0 Å². The van der Waals surface area contributed by atoms with Gasteiger partial charge in [0, 0.05) is 18.4 Å². The summed E-state index contributed by atoms with van der Waals surface area (Å²) in [6.45, 7) is 0. The Morgan fingerprint density at radius 3 is 2.89 bits per heavy atom. The molecule has 2 fully saturated rings. The molecular formula is C15H19NO2. The van der Waals surface area contributed by atoms with Gasteiger partial charge < -0.3 is 15.2 Å². The number of ether oxygens (including phenoxy) is 2. The van der Waals surface area contributed by atoms with Gasteiger partial charge >= 0.3 is 0 Å². The smallest absolute Gasteiger partial charge is 0.123 e. The van der Waals surface area contributed by atoms with Gasteiger partial charge in [-0.1, -0.05) is 18.2 Å². The van der Waals surface area contributed by atoms with E-state index in [2.05, 4.69) is 18.2 Å². The Morgan fingerprint density at radius 2 is 2.17 bits per heavy atom. The molecule has 1 aromatic carbocycles. The van der Waals surface area contributed by atoms with E-state index >= 15 is 0 Å². The van der Waals surface area contributed by atoms with Gasteiger partial charge in [-0.15, -0.1) is 0 Å². The predicted molar refractivity (Wildman–Crippen MR) is 68.6 cm³/mol. The van der Waals surface area contributed by atoms with E-state index in [1.807, 2.05) is 6.07 Å². The Balaban J connectivity index is 1.48. The van der Waals surface area contributed by atoms with Gasteiger partial charge in [-0.2, -0.15) is 0 Å². The number of para-hydroxylation sites is 1. The van der Waals surface area contributed by atoms with E-state index in [0.29, 0.717) is 6.10 Å². The Bertz CT molecular complexity index is 450. The van der Waals surface area contributed by atoms with Gasteiger partial charge in [0.25, 0.3) is 0 Å². The first-order chi connectivity index (χ1) is 8.73. The van der Waals surface area contributed by atoms with Crippen molar-refractivity contribution in [1.82, 2.24) is 0 Å². The molecule has 0 amide bonds. The Morgan fingerprint density at radius 1 is 1.28 bits per heavy atom. The van der Waals surface area contributed by atoms with Gasteiger partial charge in [-0.25, -0.2) is 0 Å². The van der Waals surface area contributed by atoms with Crippen LogP contribution in [0, 0.1) is 0 Å². The average molecular weight is 245 g/mol. The second-order valence-corrected chi connectivity index (χ2v) is 6.02. The highest BCUT2D eigenvalue weighted by atomic mass is 16.5. The van der Waals surface area contributed by atoms with Crippen LogP contribution >= 0.6 is 0 Å². The Kier molecular flexibility index (Phi) is 2.24. The maximum Gasteiger partial charge on any atom is 0.123 e. The van der Waals surface area contributed by atoms with Crippen LogP contribution in [0.2, 0.25) is 0 Å². The average Bonchev–Trinajstić information content (AvgIpc) is 3.00. The lowest BCUT2D eigenvalue weighted by Gasteiger charge is -2.33. The van der Waals surface area contributed by atoms with Gasteiger partial charge in [0.15, 0.2) is 0 Å². The number of hydrogen-bond acceptors (Lipinski definition) is 3.